The highest BCUT2D eigenvalue weighted by molar-refractivity contribution is 8.01. The molecule has 0 radical (unpaired) electrons. The lowest BCUT2D eigenvalue weighted by Gasteiger charge is -2.21. The van der Waals surface area contributed by atoms with Crippen LogP contribution < -0.4 is 10.1 Å². The van der Waals surface area contributed by atoms with Crippen LogP contribution in [0.3, 0.4) is 0 Å². The van der Waals surface area contributed by atoms with Crippen molar-refractivity contribution < 1.29 is 4.74 Å². The van der Waals surface area contributed by atoms with Gasteiger partial charge in [0.25, 0.3) is 0 Å². The number of hydrogen-bond acceptors (Lipinski definition) is 6. The van der Waals surface area contributed by atoms with Crippen LogP contribution >= 0.6 is 23.1 Å². The fraction of sp³-hybridized carbons (Fsp3) is 0.467. The molecule has 1 atom stereocenters. The fourth-order valence-corrected chi connectivity index (χ4v) is 3.68. The highest BCUT2D eigenvalue weighted by Gasteiger charge is 2.17. The quantitative estimate of drug-likeness (QED) is 0.751. The van der Waals surface area contributed by atoms with Crippen LogP contribution in [-0.2, 0) is 0 Å². The van der Waals surface area contributed by atoms with Gasteiger partial charge in [-0.2, -0.15) is 0 Å². The smallest absolute Gasteiger partial charge is 0.174 e. The monoisotopic (exact) mass is 323 g/mol. The second-order valence-corrected chi connectivity index (χ2v) is 6.87. The summed E-state index contributed by atoms with van der Waals surface area (Å²) in [7, 11) is 1.73. The predicted octanol–water partition coefficient (Wildman–Crippen LogP) is 3.69. The topological polar surface area (TPSA) is 47.0 Å². The summed E-state index contributed by atoms with van der Waals surface area (Å²) >= 11 is 3.31. The molecule has 21 heavy (non-hydrogen) atoms. The largest absolute Gasteiger partial charge is 0.496 e. The molecule has 0 aliphatic rings. The van der Waals surface area contributed by atoms with E-state index in [1.807, 2.05) is 6.07 Å². The molecule has 0 amide bonds. The minimum Gasteiger partial charge on any atom is -0.496 e. The van der Waals surface area contributed by atoms with Gasteiger partial charge >= 0.3 is 0 Å². The second kappa shape index (κ2) is 8.36. The van der Waals surface area contributed by atoms with E-state index in [1.165, 1.54) is 11.1 Å². The lowest BCUT2D eigenvalue weighted by atomic mass is 10.0. The van der Waals surface area contributed by atoms with Crippen molar-refractivity contribution in [3.05, 3.63) is 34.8 Å². The zero-order chi connectivity index (χ0) is 15.1. The van der Waals surface area contributed by atoms with Crippen LogP contribution in [0.15, 0.2) is 28.0 Å². The Labute approximate surface area is 134 Å². The van der Waals surface area contributed by atoms with E-state index in [0.717, 1.165) is 28.8 Å². The zero-order valence-corrected chi connectivity index (χ0v) is 14.3. The standard InChI is InChI=1S/C15H21N3OS2/c1-4-7-16-13(9-20-15-18-17-10-21-15)12-8-11(2)5-6-14(12)19-3/h5-6,8,10,13,16H,4,7,9H2,1-3H3. The van der Waals surface area contributed by atoms with Crippen molar-refractivity contribution in [2.75, 3.05) is 19.4 Å². The van der Waals surface area contributed by atoms with Gasteiger partial charge in [-0.15, -0.1) is 10.2 Å². The maximum atomic E-state index is 5.52. The fourth-order valence-electron chi connectivity index (χ4n) is 2.08. The Kier molecular flexibility index (Phi) is 6.48. The number of methoxy groups -OCH3 is 1. The molecular formula is C15H21N3OS2. The van der Waals surface area contributed by atoms with Crippen LogP contribution in [0, 0.1) is 6.92 Å². The Morgan fingerprint density at radius 3 is 2.95 bits per heavy atom. The lowest BCUT2D eigenvalue weighted by Crippen LogP contribution is -2.24. The number of nitrogens with zero attached hydrogens (tertiary/aromatic N) is 2. The summed E-state index contributed by atoms with van der Waals surface area (Å²) in [6.07, 6.45) is 1.11. The van der Waals surface area contributed by atoms with E-state index in [4.69, 9.17) is 4.74 Å². The van der Waals surface area contributed by atoms with E-state index in [-0.39, 0.29) is 6.04 Å². The van der Waals surface area contributed by atoms with E-state index in [1.54, 1.807) is 35.7 Å². The Morgan fingerprint density at radius 1 is 1.43 bits per heavy atom. The van der Waals surface area contributed by atoms with E-state index < -0.39 is 0 Å². The van der Waals surface area contributed by atoms with Crippen molar-refractivity contribution in [3.8, 4) is 5.75 Å². The zero-order valence-electron chi connectivity index (χ0n) is 12.6. The first-order valence-electron chi connectivity index (χ1n) is 7.01. The number of nitrogens with one attached hydrogen (secondary N) is 1. The normalized spacial score (nSPS) is 12.3. The average molecular weight is 323 g/mol. The Hall–Kier alpha value is -1.11. The summed E-state index contributed by atoms with van der Waals surface area (Å²) in [5.74, 6) is 1.85. The Bertz CT molecular complexity index is 546. The first-order valence-corrected chi connectivity index (χ1v) is 8.88. The molecule has 2 aromatic rings. The van der Waals surface area contributed by atoms with Gasteiger partial charge < -0.3 is 10.1 Å². The summed E-state index contributed by atoms with van der Waals surface area (Å²) in [5.41, 5.74) is 4.22. The minimum absolute atomic E-state index is 0.244. The van der Waals surface area contributed by atoms with Gasteiger partial charge in [-0.05, 0) is 26.0 Å². The number of benzene rings is 1. The van der Waals surface area contributed by atoms with Gasteiger partial charge in [0.05, 0.1) is 7.11 Å². The molecule has 0 saturated carbocycles. The van der Waals surface area contributed by atoms with Crippen LogP contribution in [0.4, 0.5) is 0 Å². The number of aryl methyl sites for hydroxylation is 1. The molecule has 0 aliphatic heterocycles. The average Bonchev–Trinajstić information content (AvgIpc) is 3.01. The van der Waals surface area contributed by atoms with E-state index in [2.05, 4.69) is 41.5 Å². The molecule has 4 nitrogen and oxygen atoms in total. The van der Waals surface area contributed by atoms with Crippen LogP contribution in [0.5, 0.6) is 5.75 Å². The molecule has 1 aromatic heterocycles. The molecular weight excluding hydrogens is 302 g/mol. The van der Waals surface area contributed by atoms with Gasteiger partial charge in [0, 0.05) is 17.4 Å². The first kappa shape index (κ1) is 16.3. The van der Waals surface area contributed by atoms with Gasteiger partial charge in [0.2, 0.25) is 0 Å². The van der Waals surface area contributed by atoms with E-state index in [9.17, 15) is 0 Å². The van der Waals surface area contributed by atoms with E-state index in [0.29, 0.717) is 0 Å². The lowest BCUT2D eigenvalue weighted by molar-refractivity contribution is 0.402. The van der Waals surface area contributed by atoms with Crippen molar-refractivity contribution >= 4 is 23.1 Å². The van der Waals surface area contributed by atoms with Crippen LogP contribution in [0.2, 0.25) is 0 Å². The summed E-state index contributed by atoms with van der Waals surface area (Å²) in [6.45, 7) is 5.27. The third-order valence-corrected chi connectivity index (χ3v) is 5.07. The van der Waals surface area contributed by atoms with E-state index >= 15 is 0 Å². The second-order valence-electron chi connectivity index (χ2n) is 4.77. The third-order valence-electron chi connectivity index (χ3n) is 3.11. The molecule has 0 bridgehead atoms. The highest BCUT2D eigenvalue weighted by Crippen LogP contribution is 2.31. The number of ether oxygens (including phenoxy) is 1. The number of aromatic nitrogens is 2. The molecule has 1 aromatic carbocycles. The first-order chi connectivity index (χ1) is 10.2. The van der Waals surface area contributed by atoms with Crippen molar-refractivity contribution in [2.24, 2.45) is 0 Å². The molecule has 1 unspecified atom stereocenters. The van der Waals surface area contributed by atoms with Gasteiger partial charge in [-0.1, -0.05) is 47.7 Å². The van der Waals surface area contributed by atoms with Crippen molar-refractivity contribution in [1.29, 1.82) is 0 Å². The van der Waals surface area contributed by atoms with Crippen molar-refractivity contribution in [2.45, 2.75) is 30.6 Å². The molecule has 1 heterocycles. The number of hydrogen-bond donors (Lipinski definition) is 1. The summed E-state index contributed by atoms with van der Waals surface area (Å²) in [6, 6.07) is 6.57. The molecule has 0 fully saturated rings. The van der Waals surface area contributed by atoms with Gasteiger partial charge in [0.15, 0.2) is 4.34 Å². The van der Waals surface area contributed by atoms with Gasteiger partial charge in [0.1, 0.15) is 11.3 Å². The molecule has 0 saturated heterocycles. The predicted molar refractivity (Wildman–Crippen MR) is 89.4 cm³/mol. The molecule has 2 rings (SSSR count). The summed E-state index contributed by atoms with van der Waals surface area (Å²) < 4.78 is 6.53. The van der Waals surface area contributed by atoms with Crippen LogP contribution in [0.25, 0.3) is 0 Å². The van der Waals surface area contributed by atoms with Crippen LogP contribution in [0.1, 0.15) is 30.5 Å². The van der Waals surface area contributed by atoms with Crippen LogP contribution in [-0.4, -0.2) is 29.6 Å². The molecule has 1 N–H and O–H groups in total. The number of rotatable bonds is 8. The molecule has 6 heteroatoms. The van der Waals surface area contributed by atoms with Gasteiger partial charge in [-0.3, -0.25) is 0 Å². The number of thioether (sulfide) groups is 1. The molecule has 0 spiro atoms. The molecule has 0 aliphatic carbocycles. The maximum absolute atomic E-state index is 5.52. The molecule has 114 valence electrons. The van der Waals surface area contributed by atoms with Gasteiger partial charge in [-0.25, -0.2) is 0 Å². The Morgan fingerprint density at radius 2 is 2.29 bits per heavy atom. The van der Waals surface area contributed by atoms with Crippen molar-refractivity contribution in [1.82, 2.24) is 15.5 Å². The van der Waals surface area contributed by atoms with Crippen molar-refractivity contribution in [3.63, 3.8) is 0 Å². The Balaban J connectivity index is 2.16. The summed E-state index contributed by atoms with van der Waals surface area (Å²) in [4.78, 5) is 0. The maximum Gasteiger partial charge on any atom is 0.174 e. The summed E-state index contributed by atoms with van der Waals surface area (Å²) in [5, 5.41) is 11.6. The SMILES string of the molecule is CCCNC(CSc1nncs1)c1cc(C)ccc1OC. The highest BCUT2D eigenvalue weighted by atomic mass is 32.2. The third kappa shape index (κ3) is 4.69. The minimum atomic E-state index is 0.244.